The van der Waals surface area contributed by atoms with Crippen LogP contribution in [0.25, 0.3) is 11.0 Å². The SMILES string of the molecule is CN1CCN(c2ccc(Nc3ncc4ccn(CC5CCCO5)c4n3)cc2OC2CCCC2)CC1. The van der Waals surface area contributed by atoms with E-state index in [0.717, 1.165) is 87.5 Å². The van der Waals surface area contributed by atoms with Gasteiger partial charge < -0.3 is 29.2 Å². The van der Waals surface area contributed by atoms with Crippen LogP contribution in [-0.2, 0) is 11.3 Å². The lowest BCUT2D eigenvalue weighted by Crippen LogP contribution is -2.44. The number of piperazine rings is 1. The fourth-order valence-corrected chi connectivity index (χ4v) is 5.50. The van der Waals surface area contributed by atoms with Crippen molar-refractivity contribution in [2.24, 2.45) is 0 Å². The number of fused-ring (bicyclic) bond motifs is 1. The molecule has 8 heteroatoms. The van der Waals surface area contributed by atoms with E-state index in [1.165, 1.54) is 18.5 Å². The van der Waals surface area contributed by atoms with Gasteiger partial charge in [0.2, 0.25) is 5.95 Å². The topological polar surface area (TPSA) is 67.7 Å². The van der Waals surface area contributed by atoms with Crippen molar-refractivity contribution < 1.29 is 9.47 Å². The molecule has 1 unspecified atom stereocenters. The molecule has 0 radical (unpaired) electrons. The molecule has 1 aromatic carbocycles. The maximum atomic E-state index is 6.56. The number of anilines is 3. The molecular weight excluding hydrogens is 440 g/mol. The molecule has 0 bridgehead atoms. The lowest BCUT2D eigenvalue weighted by atomic mass is 10.2. The lowest BCUT2D eigenvalue weighted by molar-refractivity contribution is 0.0979. The number of aromatic nitrogens is 3. The number of benzene rings is 1. The fraction of sp³-hybridized carbons (Fsp3) is 0.556. The van der Waals surface area contributed by atoms with E-state index in [-0.39, 0.29) is 6.10 Å². The summed E-state index contributed by atoms with van der Waals surface area (Å²) in [5.74, 6) is 1.57. The van der Waals surface area contributed by atoms with Crippen LogP contribution in [0.4, 0.5) is 17.3 Å². The van der Waals surface area contributed by atoms with Crippen LogP contribution in [0.2, 0.25) is 0 Å². The van der Waals surface area contributed by atoms with Crippen LogP contribution in [-0.4, -0.2) is 71.5 Å². The Hall–Kier alpha value is -2.84. The summed E-state index contributed by atoms with van der Waals surface area (Å²) in [5.41, 5.74) is 3.08. The highest BCUT2D eigenvalue weighted by atomic mass is 16.5. The molecule has 2 aromatic heterocycles. The molecule has 3 aromatic rings. The molecule has 2 saturated heterocycles. The molecule has 4 heterocycles. The van der Waals surface area contributed by atoms with Gasteiger partial charge in [-0.25, -0.2) is 4.98 Å². The van der Waals surface area contributed by atoms with Crippen molar-refractivity contribution in [2.75, 3.05) is 50.1 Å². The molecule has 0 spiro atoms. The maximum Gasteiger partial charge on any atom is 0.229 e. The number of likely N-dealkylation sites (N-methyl/N-ethyl adjacent to an activating group) is 1. The van der Waals surface area contributed by atoms with Crippen LogP contribution < -0.4 is 15.0 Å². The Kier molecular flexibility index (Phi) is 6.48. The Labute approximate surface area is 207 Å². The average Bonchev–Trinajstić information content (AvgIpc) is 3.64. The summed E-state index contributed by atoms with van der Waals surface area (Å²) in [6.45, 7) is 5.88. The molecule has 3 fully saturated rings. The van der Waals surface area contributed by atoms with Gasteiger partial charge in [-0.05, 0) is 63.8 Å². The van der Waals surface area contributed by atoms with Gasteiger partial charge in [-0.2, -0.15) is 4.98 Å². The Morgan fingerprint density at radius 2 is 1.91 bits per heavy atom. The molecule has 1 saturated carbocycles. The molecule has 1 aliphatic carbocycles. The zero-order valence-corrected chi connectivity index (χ0v) is 20.7. The highest BCUT2D eigenvalue weighted by Crippen LogP contribution is 2.36. The third-order valence-corrected chi connectivity index (χ3v) is 7.58. The Morgan fingerprint density at radius 3 is 2.71 bits per heavy atom. The van der Waals surface area contributed by atoms with Crippen molar-refractivity contribution in [3.63, 3.8) is 0 Å². The zero-order valence-electron chi connectivity index (χ0n) is 20.7. The van der Waals surface area contributed by atoms with Crippen molar-refractivity contribution in [3.8, 4) is 5.75 Å². The predicted molar refractivity (Wildman–Crippen MR) is 139 cm³/mol. The molecule has 2 aliphatic heterocycles. The number of hydrogen-bond acceptors (Lipinski definition) is 7. The summed E-state index contributed by atoms with van der Waals surface area (Å²) < 4.78 is 14.6. The molecule has 1 atom stereocenters. The van der Waals surface area contributed by atoms with E-state index in [9.17, 15) is 0 Å². The quantitative estimate of drug-likeness (QED) is 0.541. The van der Waals surface area contributed by atoms with E-state index in [0.29, 0.717) is 12.1 Å². The van der Waals surface area contributed by atoms with Crippen molar-refractivity contribution >= 4 is 28.4 Å². The van der Waals surface area contributed by atoms with E-state index >= 15 is 0 Å². The second-order valence-electron chi connectivity index (χ2n) is 10.2. The summed E-state index contributed by atoms with van der Waals surface area (Å²) in [6.07, 6.45) is 11.6. The third-order valence-electron chi connectivity index (χ3n) is 7.58. The van der Waals surface area contributed by atoms with Crippen LogP contribution in [0.15, 0.2) is 36.7 Å². The predicted octanol–water partition coefficient (Wildman–Crippen LogP) is 4.43. The average molecular weight is 477 g/mol. The second-order valence-corrected chi connectivity index (χ2v) is 10.2. The summed E-state index contributed by atoms with van der Waals surface area (Å²) >= 11 is 0. The van der Waals surface area contributed by atoms with Gasteiger partial charge in [-0.3, -0.25) is 0 Å². The zero-order chi connectivity index (χ0) is 23.6. The summed E-state index contributed by atoms with van der Waals surface area (Å²) in [4.78, 5) is 14.3. The van der Waals surface area contributed by atoms with Crippen molar-refractivity contribution in [1.29, 1.82) is 0 Å². The number of hydrogen-bond donors (Lipinski definition) is 1. The van der Waals surface area contributed by atoms with Gasteiger partial charge in [0.05, 0.1) is 24.4 Å². The molecule has 8 nitrogen and oxygen atoms in total. The van der Waals surface area contributed by atoms with Gasteiger partial charge >= 0.3 is 0 Å². The van der Waals surface area contributed by atoms with E-state index < -0.39 is 0 Å². The number of rotatable bonds is 7. The van der Waals surface area contributed by atoms with Gasteiger partial charge in [-0.15, -0.1) is 0 Å². The maximum absolute atomic E-state index is 6.56. The fourth-order valence-electron chi connectivity index (χ4n) is 5.50. The smallest absolute Gasteiger partial charge is 0.229 e. The Balaban J connectivity index is 1.24. The first-order valence-electron chi connectivity index (χ1n) is 13.2. The molecule has 186 valence electrons. The minimum absolute atomic E-state index is 0.273. The van der Waals surface area contributed by atoms with E-state index in [2.05, 4.69) is 62.2 Å². The first kappa shape index (κ1) is 22.6. The first-order chi connectivity index (χ1) is 17.2. The molecule has 6 rings (SSSR count). The van der Waals surface area contributed by atoms with Crippen LogP contribution in [0.1, 0.15) is 38.5 Å². The number of nitrogens with one attached hydrogen (secondary N) is 1. The standard InChI is InChI=1S/C27H36N6O2/c1-31-12-14-32(15-13-31)24-9-8-21(17-25(24)35-22-5-2-3-6-22)29-27-28-18-20-10-11-33(26(20)30-27)19-23-7-4-16-34-23/h8-11,17-18,22-23H,2-7,12-16,19H2,1H3,(H,28,29,30). The Bertz CT molecular complexity index is 1140. The monoisotopic (exact) mass is 476 g/mol. The van der Waals surface area contributed by atoms with Crippen molar-refractivity contribution in [3.05, 3.63) is 36.7 Å². The number of ether oxygens (including phenoxy) is 2. The highest BCUT2D eigenvalue weighted by Gasteiger charge is 2.23. The van der Waals surface area contributed by atoms with Gasteiger partial charge in [0.1, 0.15) is 11.4 Å². The molecular formula is C27H36N6O2. The van der Waals surface area contributed by atoms with Crippen LogP contribution >= 0.6 is 0 Å². The second kappa shape index (κ2) is 10.0. The first-order valence-corrected chi connectivity index (χ1v) is 13.2. The van der Waals surface area contributed by atoms with Gasteiger partial charge in [0, 0.05) is 62.3 Å². The van der Waals surface area contributed by atoms with Crippen LogP contribution in [0, 0.1) is 0 Å². The lowest BCUT2D eigenvalue weighted by Gasteiger charge is -2.35. The Morgan fingerprint density at radius 1 is 1.06 bits per heavy atom. The summed E-state index contributed by atoms with van der Waals surface area (Å²) in [7, 11) is 2.19. The molecule has 3 aliphatic rings. The largest absolute Gasteiger partial charge is 0.488 e. The molecule has 35 heavy (non-hydrogen) atoms. The van der Waals surface area contributed by atoms with Crippen molar-refractivity contribution in [1.82, 2.24) is 19.4 Å². The van der Waals surface area contributed by atoms with Crippen molar-refractivity contribution in [2.45, 2.75) is 57.3 Å². The highest BCUT2D eigenvalue weighted by molar-refractivity contribution is 5.77. The van der Waals surface area contributed by atoms with Gasteiger partial charge in [0.25, 0.3) is 0 Å². The van der Waals surface area contributed by atoms with Gasteiger partial charge in [0.15, 0.2) is 0 Å². The minimum atomic E-state index is 0.273. The van der Waals surface area contributed by atoms with E-state index in [4.69, 9.17) is 14.5 Å². The third kappa shape index (κ3) is 5.09. The summed E-state index contributed by atoms with van der Waals surface area (Å²) in [5, 5.41) is 4.48. The number of nitrogens with zero attached hydrogens (tertiary/aromatic N) is 5. The normalized spacial score (nSPS) is 21.7. The van der Waals surface area contributed by atoms with Crippen LogP contribution in [0.3, 0.4) is 0 Å². The minimum Gasteiger partial charge on any atom is -0.488 e. The molecule has 0 amide bonds. The molecule has 1 N–H and O–H groups in total. The van der Waals surface area contributed by atoms with Gasteiger partial charge in [-0.1, -0.05) is 0 Å². The van der Waals surface area contributed by atoms with E-state index in [1.54, 1.807) is 0 Å². The van der Waals surface area contributed by atoms with Crippen LogP contribution in [0.5, 0.6) is 5.75 Å². The summed E-state index contributed by atoms with van der Waals surface area (Å²) in [6, 6.07) is 8.52. The van der Waals surface area contributed by atoms with E-state index in [1.807, 2.05) is 6.20 Å².